The molecular weight excluding hydrogens is 301 g/mol. The number of carbonyl (C=O) groups is 1. The van der Waals surface area contributed by atoms with E-state index in [1.54, 1.807) is 37.3 Å². The van der Waals surface area contributed by atoms with Gasteiger partial charge in [-0.2, -0.15) is 13.2 Å². The van der Waals surface area contributed by atoms with Crippen LogP contribution in [0.1, 0.15) is 18.4 Å². The molecule has 0 atom stereocenters. The third-order valence-corrected chi connectivity index (χ3v) is 2.66. The van der Waals surface area contributed by atoms with E-state index in [1.807, 2.05) is 0 Å². The molecule has 1 aromatic heterocycles. The molecule has 5 nitrogen and oxygen atoms in total. The zero-order valence-corrected chi connectivity index (χ0v) is 11.6. The molecule has 0 bridgehead atoms. The number of hydrogen-bond donors (Lipinski definition) is 1. The van der Waals surface area contributed by atoms with Crippen molar-refractivity contribution in [2.75, 3.05) is 6.61 Å². The van der Waals surface area contributed by atoms with Gasteiger partial charge in [0.25, 0.3) is 0 Å². The molecule has 22 heavy (non-hydrogen) atoms. The number of carbonyl (C=O) groups excluding carboxylic acids is 1. The number of halogens is 3. The van der Waals surface area contributed by atoms with E-state index >= 15 is 0 Å². The second kappa shape index (κ2) is 6.50. The van der Waals surface area contributed by atoms with Crippen molar-refractivity contribution < 1.29 is 27.1 Å². The van der Waals surface area contributed by atoms with Crippen molar-refractivity contribution in [1.82, 2.24) is 10.3 Å². The van der Waals surface area contributed by atoms with Crippen LogP contribution in [0.4, 0.5) is 18.0 Å². The minimum atomic E-state index is -4.68. The van der Waals surface area contributed by atoms with Crippen LogP contribution in [0.25, 0.3) is 11.5 Å². The fraction of sp³-hybridized carbons (Fsp3) is 0.286. The summed E-state index contributed by atoms with van der Waals surface area (Å²) in [6.07, 6.45) is -5.50. The predicted octanol–water partition coefficient (Wildman–Crippen LogP) is 3.61. The van der Waals surface area contributed by atoms with E-state index in [0.29, 0.717) is 5.56 Å². The van der Waals surface area contributed by atoms with Gasteiger partial charge in [0.2, 0.25) is 5.89 Å². The Kier molecular flexibility index (Phi) is 4.69. The Morgan fingerprint density at radius 1 is 1.32 bits per heavy atom. The van der Waals surface area contributed by atoms with Gasteiger partial charge in [-0.3, -0.25) is 0 Å². The molecule has 0 spiro atoms. The molecule has 0 saturated heterocycles. The SMILES string of the molecule is CCOC(=O)NCc1oc(-c2ccccc2)nc1C(F)(F)F. The van der Waals surface area contributed by atoms with E-state index in [1.165, 1.54) is 0 Å². The summed E-state index contributed by atoms with van der Waals surface area (Å²) in [5.74, 6) is -0.631. The molecule has 1 aromatic carbocycles. The number of alkyl halides is 3. The number of aromatic nitrogens is 1. The predicted molar refractivity (Wildman–Crippen MR) is 70.8 cm³/mol. The highest BCUT2D eigenvalue weighted by Gasteiger charge is 2.39. The first kappa shape index (κ1) is 15.9. The third kappa shape index (κ3) is 3.78. The Morgan fingerprint density at radius 2 is 2.00 bits per heavy atom. The molecule has 0 unspecified atom stereocenters. The number of amides is 1. The number of hydrogen-bond acceptors (Lipinski definition) is 4. The van der Waals surface area contributed by atoms with Crippen LogP contribution in [0.2, 0.25) is 0 Å². The van der Waals surface area contributed by atoms with Gasteiger partial charge in [0, 0.05) is 5.56 Å². The molecule has 1 amide bonds. The first-order valence-corrected chi connectivity index (χ1v) is 6.44. The summed E-state index contributed by atoms with van der Waals surface area (Å²) >= 11 is 0. The standard InChI is InChI=1S/C14H13F3N2O3/c1-2-21-13(20)18-8-10-11(14(15,16)17)19-12(22-10)9-6-4-3-5-7-9/h3-7H,2,8H2,1H3,(H,18,20). The molecule has 0 saturated carbocycles. The van der Waals surface area contributed by atoms with Gasteiger partial charge in [-0.05, 0) is 19.1 Å². The van der Waals surface area contributed by atoms with Crippen LogP contribution in [0.5, 0.6) is 0 Å². The van der Waals surface area contributed by atoms with Gasteiger partial charge in [-0.25, -0.2) is 9.78 Å². The molecule has 1 heterocycles. The summed E-state index contributed by atoms with van der Waals surface area (Å²) in [5, 5.41) is 2.18. The molecule has 2 rings (SSSR count). The molecular formula is C14H13F3N2O3. The van der Waals surface area contributed by atoms with E-state index in [0.717, 1.165) is 0 Å². The highest BCUT2D eigenvalue weighted by Crippen LogP contribution is 2.34. The first-order valence-electron chi connectivity index (χ1n) is 6.44. The fourth-order valence-electron chi connectivity index (χ4n) is 1.73. The van der Waals surface area contributed by atoms with Crippen LogP contribution in [-0.2, 0) is 17.5 Å². The number of nitrogens with zero attached hydrogens (tertiary/aromatic N) is 1. The molecule has 0 aliphatic carbocycles. The number of ether oxygens (including phenoxy) is 1. The number of oxazole rings is 1. The summed E-state index contributed by atoms with van der Waals surface area (Å²) in [7, 11) is 0. The van der Waals surface area contributed by atoms with E-state index in [9.17, 15) is 18.0 Å². The Morgan fingerprint density at radius 3 is 2.59 bits per heavy atom. The minimum absolute atomic E-state index is 0.115. The Balaban J connectivity index is 2.27. The van der Waals surface area contributed by atoms with Crippen LogP contribution in [0.3, 0.4) is 0 Å². The third-order valence-electron chi connectivity index (χ3n) is 2.66. The lowest BCUT2D eigenvalue weighted by Gasteiger charge is -2.06. The van der Waals surface area contributed by atoms with E-state index in [-0.39, 0.29) is 12.5 Å². The van der Waals surface area contributed by atoms with Gasteiger partial charge in [-0.1, -0.05) is 18.2 Å². The lowest BCUT2D eigenvalue weighted by molar-refractivity contribution is -0.142. The van der Waals surface area contributed by atoms with Crippen molar-refractivity contribution >= 4 is 6.09 Å². The number of nitrogens with one attached hydrogen (secondary N) is 1. The highest BCUT2D eigenvalue weighted by molar-refractivity contribution is 5.67. The van der Waals surface area contributed by atoms with Gasteiger partial charge < -0.3 is 14.5 Å². The number of alkyl carbamates (subject to hydrolysis) is 1. The zero-order valence-electron chi connectivity index (χ0n) is 11.6. The van der Waals surface area contributed by atoms with Crippen molar-refractivity contribution in [3.05, 3.63) is 41.8 Å². The molecule has 0 aliphatic rings. The lowest BCUT2D eigenvalue weighted by atomic mass is 10.2. The second-order valence-corrected chi connectivity index (χ2v) is 4.23. The van der Waals surface area contributed by atoms with Crippen molar-refractivity contribution in [1.29, 1.82) is 0 Å². The Hall–Kier alpha value is -2.51. The monoisotopic (exact) mass is 314 g/mol. The molecule has 0 radical (unpaired) electrons. The Labute approximate surface area is 124 Å². The van der Waals surface area contributed by atoms with Crippen LogP contribution < -0.4 is 5.32 Å². The molecule has 2 aromatic rings. The van der Waals surface area contributed by atoms with Crippen molar-refractivity contribution in [2.24, 2.45) is 0 Å². The summed E-state index contributed by atoms with van der Waals surface area (Å²) in [6, 6.07) is 8.19. The van der Waals surface area contributed by atoms with E-state index in [4.69, 9.17) is 4.42 Å². The van der Waals surface area contributed by atoms with Crippen LogP contribution >= 0.6 is 0 Å². The second-order valence-electron chi connectivity index (χ2n) is 4.23. The van der Waals surface area contributed by atoms with Crippen molar-refractivity contribution in [2.45, 2.75) is 19.6 Å². The minimum Gasteiger partial charge on any atom is -0.450 e. The van der Waals surface area contributed by atoms with Crippen LogP contribution in [0, 0.1) is 0 Å². The van der Waals surface area contributed by atoms with Crippen molar-refractivity contribution in [3.63, 3.8) is 0 Å². The van der Waals surface area contributed by atoms with Crippen LogP contribution in [-0.4, -0.2) is 17.7 Å². The van der Waals surface area contributed by atoms with Gasteiger partial charge in [0.15, 0.2) is 11.5 Å². The fourth-order valence-corrected chi connectivity index (χ4v) is 1.73. The normalized spacial score (nSPS) is 11.3. The van der Waals surface area contributed by atoms with Gasteiger partial charge >= 0.3 is 12.3 Å². The average molecular weight is 314 g/mol. The average Bonchev–Trinajstić information content (AvgIpc) is 2.91. The smallest absolute Gasteiger partial charge is 0.436 e. The largest absolute Gasteiger partial charge is 0.450 e. The summed E-state index contributed by atoms with van der Waals surface area (Å²) in [5.41, 5.74) is -0.751. The van der Waals surface area contributed by atoms with Gasteiger partial charge in [0.05, 0.1) is 13.2 Å². The highest BCUT2D eigenvalue weighted by atomic mass is 19.4. The number of rotatable bonds is 4. The van der Waals surface area contributed by atoms with Gasteiger partial charge in [-0.15, -0.1) is 0 Å². The Bertz CT molecular complexity index is 639. The summed E-state index contributed by atoms with van der Waals surface area (Å²) in [4.78, 5) is 14.7. The van der Waals surface area contributed by atoms with Crippen molar-refractivity contribution in [3.8, 4) is 11.5 Å². The van der Waals surface area contributed by atoms with Gasteiger partial charge in [0.1, 0.15) is 0 Å². The maximum absolute atomic E-state index is 13.0. The quantitative estimate of drug-likeness (QED) is 0.936. The molecule has 0 fully saturated rings. The molecule has 118 valence electrons. The number of benzene rings is 1. The molecule has 8 heteroatoms. The summed E-state index contributed by atoms with van der Waals surface area (Å²) in [6.45, 7) is 1.24. The van der Waals surface area contributed by atoms with E-state index < -0.39 is 30.3 Å². The molecule has 0 aliphatic heterocycles. The summed E-state index contributed by atoms with van der Waals surface area (Å²) < 4.78 is 48.7. The molecule has 1 N–H and O–H groups in total. The van der Waals surface area contributed by atoms with E-state index in [2.05, 4.69) is 15.0 Å². The first-order chi connectivity index (χ1) is 10.4. The zero-order chi connectivity index (χ0) is 16.2. The maximum Gasteiger partial charge on any atom is 0.436 e. The topological polar surface area (TPSA) is 64.4 Å². The maximum atomic E-state index is 13.0. The van der Waals surface area contributed by atoms with Crippen LogP contribution in [0.15, 0.2) is 34.7 Å². The lowest BCUT2D eigenvalue weighted by Crippen LogP contribution is -2.24.